The van der Waals surface area contributed by atoms with Crippen LogP contribution >= 0.6 is 11.3 Å². The molecule has 0 aliphatic carbocycles. The van der Waals surface area contributed by atoms with Gasteiger partial charge in [-0.2, -0.15) is 0 Å². The van der Waals surface area contributed by atoms with Crippen molar-refractivity contribution in [1.29, 1.82) is 0 Å². The summed E-state index contributed by atoms with van der Waals surface area (Å²) < 4.78 is 13.0. The Kier molecular flexibility index (Phi) is 4.87. The molecule has 4 rings (SSSR count). The summed E-state index contributed by atoms with van der Waals surface area (Å²) >= 11 is 1.25. The van der Waals surface area contributed by atoms with Gasteiger partial charge in [-0.05, 0) is 43.3 Å². The van der Waals surface area contributed by atoms with E-state index in [-0.39, 0.29) is 17.7 Å². The third kappa shape index (κ3) is 3.77. The number of nitrogens with zero attached hydrogens (tertiary/aromatic N) is 3. The van der Waals surface area contributed by atoms with Gasteiger partial charge in [-0.3, -0.25) is 14.9 Å². The molecule has 0 unspecified atom stereocenters. The number of aromatic nitrogens is 2. The number of hydrogen-bond acceptors (Lipinski definition) is 5. The van der Waals surface area contributed by atoms with Gasteiger partial charge in [-0.15, -0.1) is 10.2 Å². The Bertz CT molecular complexity index is 1020. The summed E-state index contributed by atoms with van der Waals surface area (Å²) in [5, 5.41) is 11.9. The summed E-state index contributed by atoms with van der Waals surface area (Å²) in [7, 11) is 0. The van der Waals surface area contributed by atoms with Crippen LogP contribution in [0.5, 0.6) is 0 Å². The van der Waals surface area contributed by atoms with Crippen LogP contribution in [0.25, 0.3) is 0 Å². The number of carbonyl (C=O) groups excluding carboxylic acids is 2. The van der Waals surface area contributed by atoms with Crippen molar-refractivity contribution in [2.45, 2.75) is 19.3 Å². The molecular weight excluding hydrogens is 379 g/mol. The molecule has 0 saturated carbocycles. The molecule has 1 aliphatic rings. The number of amides is 2. The van der Waals surface area contributed by atoms with Gasteiger partial charge in [-0.25, -0.2) is 4.39 Å². The summed E-state index contributed by atoms with van der Waals surface area (Å²) in [6.07, 6.45) is 0.356. The van der Waals surface area contributed by atoms with Crippen molar-refractivity contribution < 1.29 is 14.0 Å². The molecule has 2 amide bonds. The van der Waals surface area contributed by atoms with Crippen molar-refractivity contribution in [1.82, 2.24) is 10.2 Å². The van der Waals surface area contributed by atoms with Crippen molar-refractivity contribution in [3.05, 3.63) is 70.5 Å². The number of anilines is 2. The van der Waals surface area contributed by atoms with Crippen LogP contribution in [0.2, 0.25) is 0 Å². The first-order valence-electron chi connectivity index (χ1n) is 8.77. The van der Waals surface area contributed by atoms with Gasteiger partial charge >= 0.3 is 0 Å². The summed E-state index contributed by atoms with van der Waals surface area (Å²) in [6, 6.07) is 13.1. The molecule has 6 nitrogen and oxygen atoms in total. The Hall–Kier alpha value is -3.13. The molecule has 0 radical (unpaired) electrons. The molecular formula is C20H17FN4O2S. The SMILES string of the molecule is Cc1ccc(N2C[C@@H](c3nnc(NC(=O)c4ccc(F)cc4)s3)CC2=O)cc1. The van der Waals surface area contributed by atoms with Crippen molar-refractivity contribution in [2.24, 2.45) is 0 Å². The normalized spacial score (nSPS) is 16.4. The Balaban J connectivity index is 1.44. The van der Waals surface area contributed by atoms with E-state index >= 15 is 0 Å². The summed E-state index contributed by atoms with van der Waals surface area (Å²) in [5.74, 6) is -0.811. The number of nitrogens with one attached hydrogen (secondary N) is 1. The lowest BCUT2D eigenvalue weighted by Crippen LogP contribution is -2.24. The highest BCUT2D eigenvalue weighted by Crippen LogP contribution is 2.34. The number of rotatable bonds is 4. The van der Waals surface area contributed by atoms with E-state index in [0.717, 1.165) is 11.3 Å². The molecule has 3 aromatic rings. The Labute approximate surface area is 165 Å². The molecule has 1 saturated heterocycles. The Morgan fingerprint density at radius 2 is 1.86 bits per heavy atom. The number of carbonyl (C=O) groups is 2. The van der Waals surface area contributed by atoms with Gasteiger partial charge in [0.2, 0.25) is 11.0 Å². The van der Waals surface area contributed by atoms with Gasteiger partial charge in [-0.1, -0.05) is 29.0 Å². The molecule has 1 atom stereocenters. The average molecular weight is 396 g/mol. The second kappa shape index (κ2) is 7.47. The molecule has 1 aromatic heterocycles. The first-order chi connectivity index (χ1) is 13.5. The summed E-state index contributed by atoms with van der Waals surface area (Å²) in [4.78, 5) is 26.4. The van der Waals surface area contributed by atoms with Crippen LogP contribution in [-0.4, -0.2) is 28.6 Å². The minimum absolute atomic E-state index is 0.0425. The van der Waals surface area contributed by atoms with Crippen LogP contribution < -0.4 is 10.2 Å². The fraction of sp³-hybridized carbons (Fsp3) is 0.200. The van der Waals surface area contributed by atoms with Crippen molar-refractivity contribution in [3.8, 4) is 0 Å². The second-order valence-electron chi connectivity index (χ2n) is 6.65. The molecule has 2 aromatic carbocycles. The maximum atomic E-state index is 13.0. The first kappa shape index (κ1) is 18.2. The lowest BCUT2D eigenvalue weighted by Gasteiger charge is -2.16. The minimum Gasteiger partial charge on any atom is -0.312 e. The molecule has 1 fully saturated rings. The van der Waals surface area contributed by atoms with E-state index < -0.39 is 5.82 Å². The molecule has 2 heterocycles. The van der Waals surface area contributed by atoms with Crippen LogP contribution in [0.15, 0.2) is 48.5 Å². The van der Waals surface area contributed by atoms with Gasteiger partial charge in [0.1, 0.15) is 10.8 Å². The topological polar surface area (TPSA) is 75.2 Å². The number of benzene rings is 2. The molecule has 1 N–H and O–H groups in total. The van der Waals surface area contributed by atoms with Crippen molar-refractivity contribution in [2.75, 3.05) is 16.8 Å². The quantitative estimate of drug-likeness (QED) is 0.729. The highest BCUT2D eigenvalue weighted by molar-refractivity contribution is 7.15. The molecule has 1 aliphatic heterocycles. The third-order valence-electron chi connectivity index (χ3n) is 4.59. The van der Waals surface area contributed by atoms with Crippen LogP contribution in [0.4, 0.5) is 15.2 Å². The smallest absolute Gasteiger partial charge is 0.257 e. The van der Waals surface area contributed by atoms with Crippen LogP contribution in [0.3, 0.4) is 0 Å². The van der Waals surface area contributed by atoms with Crippen molar-refractivity contribution >= 4 is 34.0 Å². The average Bonchev–Trinajstić information content (AvgIpc) is 3.29. The predicted molar refractivity (Wildman–Crippen MR) is 105 cm³/mol. The predicted octanol–water partition coefficient (Wildman–Crippen LogP) is 3.76. The third-order valence-corrected chi connectivity index (χ3v) is 5.59. The molecule has 28 heavy (non-hydrogen) atoms. The zero-order chi connectivity index (χ0) is 19.7. The molecule has 0 bridgehead atoms. The fourth-order valence-electron chi connectivity index (χ4n) is 3.07. The van der Waals surface area contributed by atoms with Crippen LogP contribution in [0, 0.1) is 12.7 Å². The maximum Gasteiger partial charge on any atom is 0.257 e. The lowest BCUT2D eigenvalue weighted by atomic mass is 10.1. The van der Waals surface area contributed by atoms with E-state index in [1.54, 1.807) is 4.90 Å². The first-order valence-corrected chi connectivity index (χ1v) is 9.58. The van der Waals surface area contributed by atoms with Crippen molar-refractivity contribution in [3.63, 3.8) is 0 Å². The monoisotopic (exact) mass is 396 g/mol. The number of aryl methyl sites for hydroxylation is 1. The van der Waals surface area contributed by atoms with E-state index in [4.69, 9.17) is 0 Å². The van der Waals surface area contributed by atoms with Gasteiger partial charge < -0.3 is 4.90 Å². The zero-order valence-corrected chi connectivity index (χ0v) is 15.9. The van der Waals surface area contributed by atoms with E-state index in [1.165, 1.54) is 35.6 Å². The largest absolute Gasteiger partial charge is 0.312 e. The lowest BCUT2D eigenvalue weighted by molar-refractivity contribution is -0.117. The van der Waals surface area contributed by atoms with Gasteiger partial charge in [0.15, 0.2) is 0 Å². The highest BCUT2D eigenvalue weighted by Gasteiger charge is 2.34. The van der Waals surface area contributed by atoms with Gasteiger partial charge in [0.25, 0.3) is 5.91 Å². The number of halogens is 1. The molecule has 0 spiro atoms. The van der Waals surface area contributed by atoms with Crippen LogP contribution in [-0.2, 0) is 4.79 Å². The second-order valence-corrected chi connectivity index (χ2v) is 7.66. The summed E-state index contributed by atoms with van der Waals surface area (Å²) in [6.45, 7) is 2.53. The van der Waals surface area contributed by atoms with E-state index in [2.05, 4.69) is 15.5 Å². The van der Waals surface area contributed by atoms with Gasteiger partial charge in [0, 0.05) is 30.1 Å². The molecule has 8 heteroatoms. The van der Waals surface area contributed by atoms with E-state index in [0.29, 0.717) is 28.7 Å². The summed E-state index contributed by atoms with van der Waals surface area (Å²) in [5.41, 5.74) is 2.34. The minimum atomic E-state index is -0.404. The molecule has 142 valence electrons. The number of hydrogen-bond donors (Lipinski definition) is 1. The Morgan fingerprint density at radius 1 is 1.14 bits per heavy atom. The fourth-order valence-corrected chi connectivity index (χ4v) is 3.90. The van der Waals surface area contributed by atoms with E-state index in [9.17, 15) is 14.0 Å². The zero-order valence-electron chi connectivity index (χ0n) is 15.1. The van der Waals surface area contributed by atoms with Gasteiger partial charge in [0.05, 0.1) is 0 Å². The highest BCUT2D eigenvalue weighted by atomic mass is 32.1. The maximum absolute atomic E-state index is 13.0. The van der Waals surface area contributed by atoms with E-state index in [1.807, 2.05) is 31.2 Å². The standard InChI is InChI=1S/C20H17FN4O2S/c1-12-2-8-16(9-3-12)25-11-14(10-17(25)26)19-23-24-20(28-19)22-18(27)13-4-6-15(21)7-5-13/h2-9,14H,10-11H2,1H3,(H,22,24,27)/t14-/m0/s1. The Morgan fingerprint density at radius 3 is 2.57 bits per heavy atom. The van der Waals surface area contributed by atoms with Crippen LogP contribution in [0.1, 0.15) is 33.3 Å².